The van der Waals surface area contributed by atoms with Crippen LogP contribution in [0.3, 0.4) is 0 Å². The average molecular weight is 279 g/mol. The summed E-state index contributed by atoms with van der Waals surface area (Å²) in [6.45, 7) is 3.65. The second-order valence-corrected chi connectivity index (χ2v) is 4.81. The van der Waals surface area contributed by atoms with Crippen LogP contribution in [0, 0.1) is 6.92 Å². The SMILES string of the molecule is Cc1cc(N)ccc1NC(=O)C(C)n1cc(Cl)cn1. The van der Waals surface area contributed by atoms with Crippen LogP contribution in [0.5, 0.6) is 0 Å². The molecule has 1 amide bonds. The second-order valence-electron chi connectivity index (χ2n) is 4.38. The molecule has 0 saturated carbocycles. The van der Waals surface area contributed by atoms with E-state index in [4.69, 9.17) is 17.3 Å². The molecule has 1 aromatic carbocycles. The monoisotopic (exact) mass is 278 g/mol. The maximum Gasteiger partial charge on any atom is 0.248 e. The molecule has 0 aliphatic carbocycles. The van der Waals surface area contributed by atoms with E-state index in [1.165, 1.54) is 10.9 Å². The van der Waals surface area contributed by atoms with Crippen LogP contribution in [-0.2, 0) is 4.79 Å². The highest BCUT2D eigenvalue weighted by atomic mass is 35.5. The van der Waals surface area contributed by atoms with Crippen LogP contribution in [0.15, 0.2) is 30.6 Å². The van der Waals surface area contributed by atoms with Gasteiger partial charge in [-0.15, -0.1) is 0 Å². The molecule has 1 atom stereocenters. The summed E-state index contributed by atoms with van der Waals surface area (Å²) >= 11 is 5.78. The lowest BCUT2D eigenvalue weighted by Gasteiger charge is -2.14. The van der Waals surface area contributed by atoms with Crippen LogP contribution >= 0.6 is 11.6 Å². The van der Waals surface area contributed by atoms with Crippen molar-refractivity contribution in [3.8, 4) is 0 Å². The number of nitrogens with one attached hydrogen (secondary N) is 1. The minimum atomic E-state index is -0.440. The first kappa shape index (κ1) is 13.4. The summed E-state index contributed by atoms with van der Waals surface area (Å²) in [5.41, 5.74) is 8.00. The summed E-state index contributed by atoms with van der Waals surface area (Å²) < 4.78 is 1.52. The molecule has 0 radical (unpaired) electrons. The number of nitrogen functional groups attached to an aromatic ring is 1. The van der Waals surface area contributed by atoms with Gasteiger partial charge in [-0.2, -0.15) is 5.10 Å². The molecular weight excluding hydrogens is 264 g/mol. The summed E-state index contributed by atoms with van der Waals surface area (Å²) in [7, 11) is 0. The highest BCUT2D eigenvalue weighted by Gasteiger charge is 2.16. The first-order chi connectivity index (χ1) is 8.97. The van der Waals surface area contributed by atoms with Crippen molar-refractivity contribution in [2.24, 2.45) is 0 Å². The largest absolute Gasteiger partial charge is 0.399 e. The van der Waals surface area contributed by atoms with E-state index in [1.807, 2.05) is 13.0 Å². The number of nitrogens with two attached hydrogens (primary N) is 1. The Morgan fingerprint density at radius 2 is 2.26 bits per heavy atom. The zero-order valence-corrected chi connectivity index (χ0v) is 11.5. The second kappa shape index (κ2) is 5.32. The van der Waals surface area contributed by atoms with Gasteiger partial charge in [0.25, 0.3) is 0 Å². The average Bonchev–Trinajstić information content (AvgIpc) is 2.78. The van der Waals surface area contributed by atoms with Crippen LogP contribution in [0.1, 0.15) is 18.5 Å². The van der Waals surface area contributed by atoms with E-state index in [9.17, 15) is 4.79 Å². The Kier molecular flexibility index (Phi) is 3.76. The Balaban J connectivity index is 2.12. The molecule has 3 N–H and O–H groups in total. The van der Waals surface area contributed by atoms with Gasteiger partial charge in [-0.25, -0.2) is 0 Å². The molecule has 1 aromatic heterocycles. The highest BCUT2D eigenvalue weighted by molar-refractivity contribution is 6.30. The molecule has 5 nitrogen and oxygen atoms in total. The molecule has 0 saturated heterocycles. The van der Waals surface area contributed by atoms with Crippen molar-refractivity contribution in [3.05, 3.63) is 41.2 Å². The molecule has 6 heteroatoms. The van der Waals surface area contributed by atoms with Crippen LogP contribution in [-0.4, -0.2) is 15.7 Å². The van der Waals surface area contributed by atoms with Crippen LogP contribution in [0.25, 0.3) is 0 Å². The summed E-state index contributed by atoms with van der Waals surface area (Å²) in [4.78, 5) is 12.1. The van der Waals surface area contributed by atoms with Crippen molar-refractivity contribution in [3.63, 3.8) is 0 Å². The fraction of sp³-hybridized carbons (Fsp3) is 0.231. The maximum atomic E-state index is 12.1. The number of aromatic nitrogens is 2. The summed E-state index contributed by atoms with van der Waals surface area (Å²) in [5, 5.41) is 7.37. The molecular formula is C13H15ClN4O. The summed E-state index contributed by atoms with van der Waals surface area (Å²) in [5.74, 6) is -0.160. The van der Waals surface area contributed by atoms with Gasteiger partial charge in [-0.05, 0) is 37.6 Å². The normalized spacial score (nSPS) is 12.2. The molecule has 1 heterocycles. The van der Waals surface area contributed by atoms with Crippen molar-refractivity contribution < 1.29 is 4.79 Å². The highest BCUT2D eigenvalue weighted by Crippen LogP contribution is 2.19. The van der Waals surface area contributed by atoms with E-state index in [2.05, 4.69) is 10.4 Å². The number of anilines is 2. The molecule has 0 fully saturated rings. The molecule has 2 aromatic rings. The Hall–Kier alpha value is -2.01. The first-order valence-electron chi connectivity index (χ1n) is 5.84. The Morgan fingerprint density at radius 1 is 1.53 bits per heavy atom. The third kappa shape index (κ3) is 3.06. The maximum absolute atomic E-state index is 12.1. The number of carbonyl (C=O) groups excluding carboxylic acids is 1. The van der Waals surface area contributed by atoms with Gasteiger partial charge in [0.2, 0.25) is 5.91 Å². The Morgan fingerprint density at radius 3 is 2.84 bits per heavy atom. The minimum Gasteiger partial charge on any atom is -0.399 e. The van der Waals surface area contributed by atoms with Gasteiger partial charge in [0.1, 0.15) is 6.04 Å². The van der Waals surface area contributed by atoms with Crippen LogP contribution < -0.4 is 11.1 Å². The van der Waals surface area contributed by atoms with Crippen molar-refractivity contribution in [1.82, 2.24) is 9.78 Å². The molecule has 19 heavy (non-hydrogen) atoms. The fourth-order valence-electron chi connectivity index (χ4n) is 1.71. The van der Waals surface area contributed by atoms with E-state index in [0.29, 0.717) is 10.7 Å². The molecule has 0 aliphatic rings. The third-order valence-corrected chi connectivity index (χ3v) is 3.05. The molecule has 1 unspecified atom stereocenters. The number of rotatable bonds is 3. The van der Waals surface area contributed by atoms with Gasteiger partial charge >= 0.3 is 0 Å². The van der Waals surface area contributed by atoms with Crippen molar-refractivity contribution in [2.45, 2.75) is 19.9 Å². The number of aryl methyl sites for hydroxylation is 1. The van der Waals surface area contributed by atoms with Crippen molar-refractivity contribution in [2.75, 3.05) is 11.1 Å². The van der Waals surface area contributed by atoms with E-state index < -0.39 is 6.04 Å². The number of benzene rings is 1. The first-order valence-corrected chi connectivity index (χ1v) is 6.22. The number of hydrogen-bond acceptors (Lipinski definition) is 3. The smallest absolute Gasteiger partial charge is 0.248 e. The minimum absolute atomic E-state index is 0.160. The van der Waals surface area contributed by atoms with Gasteiger partial charge in [-0.3, -0.25) is 9.48 Å². The topological polar surface area (TPSA) is 72.9 Å². The fourth-order valence-corrected chi connectivity index (χ4v) is 1.85. The zero-order chi connectivity index (χ0) is 14.0. The predicted molar refractivity (Wildman–Crippen MR) is 76.2 cm³/mol. The summed E-state index contributed by atoms with van der Waals surface area (Å²) in [6.07, 6.45) is 3.11. The van der Waals surface area contributed by atoms with Crippen molar-refractivity contribution in [1.29, 1.82) is 0 Å². The summed E-state index contributed by atoms with van der Waals surface area (Å²) in [6, 6.07) is 4.90. The number of halogens is 1. The lowest BCUT2D eigenvalue weighted by atomic mass is 10.1. The molecule has 0 spiro atoms. The third-order valence-electron chi connectivity index (χ3n) is 2.85. The predicted octanol–water partition coefficient (Wildman–Crippen LogP) is 2.63. The lowest BCUT2D eigenvalue weighted by molar-refractivity contribution is -0.119. The quantitative estimate of drug-likeness (QED) is 0.848. The van der Waals surface area contributed by atoms with Gasteiger partial charge in [0.05, 0.1) is 11.2 Å². The number of amides is 1. The van der Waals surface area contributed by atoms with E-state index in [1.54, 1.807) is 25.3 Å². The van der Waals surface area contributed by atoms with Crippen LogP contribution in [0.2, 0.25) is 5.02 Å². The number of carbonyl (C=O) groups is 1. The van der Waals surface area contributed by atoms with Gasteiger partial charge in [-0.1, -0.05) is 11.6 Å². The standard InChI is InChI=1S/C13H15ClN4O/c1-8-5-11(15)3-4-12(8)17-13(19)9(2)18-7-10(14)6-16-18/h3-7,9H,15H2,1-2H3,(H,17,19). The van der Waals surface area contributed by atoms with E-state index in [-0.39, 0.29) is 5.91 Å². The van der Waals surface area contributed by atoms with Crippen LogP contribution in [0.4, 0.5) is 11.4 Å². The lowest BCUT2D eigenvalue weighted by Crippen LogP contribution is -2.24. The van der Waals surface area contributed by atoms with Gasteiger partial charge in [0.15, 0.2) is 0 Å². The van der Waals surface area contributed by atoms with E-state index in [0.717, 1.165) is 11.3 Å². The Bertz CT molecular complexity index is 608. The van der Waals surface area contributed by atoms with E-state index >= 15 is 0 Å². The number of hydrogen-bond donors (Lipinski definition) is 2. The number of nitrogens with zero attached hydrogens (tertiary/aromatic N) is 2. The van der Waals surface area contributed by atoms with Gasteiger partial charge in [0, 0.05) is 17.6 Å². The molecule has 0 aliphatic heterocycles. The molecule has 100 valence electrons. The Labute approximate surface area is 116 Å². The van der Waals surface area contributed by atoms with Crippen molar-refractivity contribution >= 4 is 28.9 Å². The molecule has 0 bridgehead atoms. The van der Waals surface area contributed by atoms with Gasteiger partial charge < -0.3 is 11.1 Å². The molecule has 2 rings (SSSR count). The zero-order valence-electron chi connectivity index (χ0n) is 10.7.